The van der Waals surface area contributed by atoms with Gasteiger partial charge in [0.05, 0.1) is 26.8 Å². The number of fused-ring (bicyclic) bond motifs is 3. The molecule has 0 bridgehead atoms. The van der Waals surface area contributed by atoms with E-state index in [4.69, 9.17) is 27.9 Å². The number of amides is 2. The fraction of sp³-hybridized carbons (Fsp3) is 0.500. The van der Waals surface area contributed by atoms with Crippen molar-refractivity contribution in [2.45, 2.75) is 82.0 Å². The normalized spacial score (nSPS) is 29.6. The van der Waals surface area contributed by atoms with E-state index in [0.29, 0.717) is 33.8 Å². The van der Waals surface area contributed by atoms with Crippen molar-refractivity contribution in [1.82, 2.24) is 15.2 Å². The number of hydrogen-bond acceptors (Lipinski definition) is 7. The predicted octanol–water partition coefficient (Wildman–Crippen LogP) is 6.38. The molecule has 3 aromatic rings. The fourth-order valence-electron chi connectivity index (χ4n) is 6.75. The quantitative estimate of drug-likeness (QED) is 0.291. The lowest BCUT2D eigenvalue weighted by Crippen LogP contribution is -2.55. The summed E-state index contributed by atoms with van der Waals surface area (Å²) < 4.78 is 7.25. The van der Waals surface area contributed by atoms with Gasteiger partial charge >= 0.3 is 5.97 Å². The highest BCUT2D eigenvalue weighted by Crippen LogP contribution is 2.50. The number of rotatable bonds is 5. The molecule has 1 unspecified atom stereocenters. The van der Waals surface area contributed by atoms with Gasteiger partial charge in [0.25, 0.3) is 5.19 Å². The van der Waals surface area contributed by atoms with Gasteiger partial charge in [0.1, 0.15) is 23.7 Å². The Balaban J connectivity index is 1.29. The van der Waals surface area contributed by atoms with Crippen molar-refractivity contribution in [1.29, 1.82) is 0 Å². The molecule has 2 amide bonds. The highest BCUT2D eigenvalue weighted by Gasteiger charge is 2.64. The van der Waals surface area contributed by atoms with Crippen LogP contribution < -0.4 is 15.4 Å². The second-order valence-electron chi connectivity index (χ2n) is 12.3. The SMILES string of the molecule is CC1CCCCCC[C@H](Nc2ccc(Cl)c(Cl)c2)C(=O)N2C[C@H](Oc3nc4ccccc4s3)C[C@H]2C(=O)N[C@]2(C(=O)O)C[C@@H]12. The van der Waals surface area contributed by atoms with E-state index in [1.807, 2.05) is 24.3 Å². The van der Waals surface area contributed by atoms with Gasteiger partial charge in [0.2, 0.25) is 11.8 Å². The first kappa shape index (κ1) is 30.9. The molecule has 1 aromatic heterocycles. The van der Waals surface area contributed by atoms with Crippen LogP contribution >= 0.6 is 34.5 Å². The lowest BCUT2D eigenvalue weighted by atomic mass is 9.94. The van der Waals surface area contributed by atoms with E-state index in [1.165, 1.54) is 11.3 Å². The van der Waals surface area contributed by atoms with Crippen LogP contribution in [0.25, 0.3) is 10.2 Å². The van der Waals surface area contributed by atoms with Crippen LogP contribution in [0.5, 0.6) is 5.19 Å². The molecule has 1 saturated carbocycles. The number of benzene rings is 2. The maximum absolute atomic E-state index is 14.3. The summed E-state index contributed by atoms with van der Waals surface area (Å²) in [4.78, 5) is 46.9. The van der Waals surface area contributed by atoms with Crippen molar-refractivity contribution < 1.29 is 24.2 Å². The number of aromatic nitrogens is 1. The van der Waals surface area contributed by atoms with Gasteiger partial charge in [0, 0.05) is 12.1 Å². The first-order chi connectivity index (χ1) is 21.1. The number of thiazole rings is 1. The summed E-state index contributed by atoms with van der Waals surface area (Å²) in [6.07, 6.45) is 5.30. The molecule has 3 aliphatic rings. The van der Waals surface area contributed by atoms with Gasteiger partial charge < -0.3 is 25.4 Å². The van der Waals surface area contributed by atoms with Crippen LogP contribution in [-0.4, -0.2) is 63.0 Å². The summed E-state index contributed by atoms with van der Waals surface area (Å²) in [6, 6.07) is 11.3. The Hall–Kier alpha value is -3.08. The van der Waals surface area contributed by atoms with Gasteiger partial charge in [-0.05, 0) is 55.0 Å². The van der Waals surface area contributed by atoms with Gasteiger partial charge in [-0.2, -0.15) is 0 Å². The number of carboxylic acids is 1. The smallest absolute Gasteiger partial charge is 0.329 e. The van der Waals surface area contributed by atoms with Crippen LogP contribution in [0.2, 0.25) is 10.0 Å². The van der Waals surface area contributed by atoms with Crippen LogP contribution in [0.1, 0.15) is 58.3 Å². The first-order valence-electron chi connectivity index (χ1n) is 15.2. The van der Waals surface area contributed by atoms with E-state index < -0.39 is 35.6 Å². The number of halogens is 2. The molecule has 234 valence electrons. The number of ether oxygens (including phenoxy) is 1. The van der Waals surface area contributed by atoms with E-state index in [2.05, 4.69) is 22.5 Å². The molecule has 3 heterocycles. The number of para-hydroxylation sites is 1. The molecule has 6 atom stereocenters. The van der Waals surface area contributed by atoms with Gasteiger partial charge in [-0.25, -0.2) is 9.78 Å². The number of nitrogens with zero attached hydrogens (tertiary/aromatic N) is 2. The molecular formula is C32H36Cl2N4O5S. The van der Waals surface area contributed by atoms with Crippen LogP contribution in [0.3, 0.4) is 0 Å². The Kier molecular flexibility index (Phi) is 8.95. The average Bonchev–Trinajstić information content (AvgIpc) is 3.35. The van der Waals surface area contributed by atoms with Crippen molar-refractivity contribution in [2.24, 2.45) is 11.8 Å². The maximum atomic E-state index is 14.3. The predicted molar refractivity (Wildman–Crippen MR) is 172 cm³/mol. The molecule has 3 fully saturated rings. The molecule has 2 aromatic carbocycles. The molecule has 12 heteroatoms. The van der Waals surface area contributed by atoms with Crippen LogP contribution in [0.15, 0.2) is 42.5 Å². The maximum Gasteiger partial charge on any atom is 0.329 e. The topological polar surface area (TPSA) is 121 Å². The molecule has 1 aliphatic carbocycles. The third-order valence-corrected chi connectivity index (χ3v) is 10.9. The highest BCUT2D eigenvalue weighted by molar-refractivity contribution is 7.20. The van der Waals surface area contributed by atoms with Crippen molar-refractivity contribution in [3.63, 3.8) is 0 Å². The van der Waals surface area contributed by atoms with Crippen LogP contribution in [0.4, 0.5) is 5.69 Å². The molecule has 0 spiro atoms. The molecule has 44 heavy (non-hydrogen) atoms. The second kappa shape index (κ2) is 12.7. The highest BCUT2D eigenvalue weighted by atomic mass is 35.5. The zero-order valence-electron chi connectivity index (χ0n) is 24.4. The van der Waals surface area contributed by atoms with E-state index in [9.17, 15) is 19.5 Å². The molecule has 3 N–H and O–H groups in total. The van der Waals surface area contributed by atoms with Gasteiger partial charge in [0.15, 0.2) is 0 Å². The zero-order valence-corrected chi connectivity index (χ0v) is 26.8. The average molecular weight is 660 g/mol. The monoisotopic (exact) mass is 658 g/mol. The third kappa shape index (κ3) is 6.34. The number of carboxylic acid groups (broad SMARTS) is 1. The molecular weight excluding hydrogens is 623 g/mol. The standard InChI is InChI=1S/C32H36Cl2N4O5S/c1-18-8-4-2-3-5-10-25(35-19-12-13-22(33)23(34)14-19)29(40)38-17-20(43-31-36-24-9-6-7-11-27(24)44-31)15-26(38)28(39)37-32(30(41)42)16-21(18)32/h6-7,9,11-14,18,20-21,25-26,35H,2-5,8,10,15-17H2,1H3,(H,37,39)(H,41,42)/t18?,20-,21+,25+,26+,32-/m1/s1. The minimum absolute atomic E-state index is 0.140. The summed E-state index contributed by atoms with van der Waals surface area (Å²) in [5.41, 5.74) is 0.157. The van der Waals surface area contributed by atoms with E-state index in [0.717, 1.165) is 42.3 Å². The van der Waals surface area contributed by atoms with E-state index in [-0.39, 0.29) is 30.7 Å². The Morgan fingerprint density at radius 2 is 1.89 bits per heavy atom. The minimum Gasteiger partial charge on any atom is -0.479 e. The van der Waals surface area contributed by atoms with Crippen LogP contribution in [0, 0.1) is 11.8 Å². The van der Waals surface area contributed by atoms with Crippen molar-refractivity contribution >= 4 is 68.2 Å². The number of carbonyl (C=O) groups is 3. The number of aliphatic carboxylic acids is 1. The molecule has 6 rings (SSSR count). The summed E-state index contributed by atoms with van der Waals surface area (Å²) in [5, 5.41) is 17.7. The van der Waals surface area contributed by atoms with Gasteiger partial charge in [-0.15, -0.1) is 0 Å². The van der Waals surface area contributed by atoms with Crippen LogP contribution in [-0.2, 0) is 14.4 Å². The van der Waals surface area contributed by atoms with Crippen molar-refractivity contribution in [2.75, 3.05) is 11.9 Å². The number of anilines is 1. The Labute approximate surface area is 270 Å². The molecule has 2 aliphatic heterocycles. The first-order valence-corrected chi connectivity index (χ1v) is 16.8. The van der Waals surface area contributed by atoms with E-state index >= 15 is 0 Å². The largest absolute Gasteiger partial charge is 0.479 e. The van der Waals surface area contributed by atoms with Gasteiger partial charge in [-0.3, -0.25) is 9.59 Å². The fourth-order valence-corrected chi connectivity index (χ4v) is 7.93. The Bertz CT molecular complexity index is 1540. The third-order valence-electron chi connectivity index (χ3n) is 9.28. The number of nitrogens with one attached hydrogen (secondary N) is 2. The van der Waals surface area contributed by atoms with Crippen molar-refractivity contribution in [3.05, 3.63) is 52.5 Å². The summed E-state index contributed by atoms with van der Waals surface area (Å²) >= 11 is 13.8. The number of hydrogen-bond donors (Lipinski definition) is 3. The lowest BCUT2D eigenvalue weighted by molar-refractivity contribution is -0.145. The van der Waals surface area contributed by atoms with E-state index in [1.54, 1.807) is 23.1 Å². The Morgan fingerprint density at radius 1 is 1.11 bits per heavy atom. The molecule has 0 radical (unpaired) electrons. The Morgan fingerprint density at radius 3 is 2.64 bits per heavy atom. The molecule has 9 nitrogen and oxygen atoms in total. The summed E-state index contributed by atoms with van der Waals surface area (Å²) in [5.74, 6) is -1.71. The zero-order chi connectivity index (χ0) is 31.0. The second-order valence-corrected chi connectivity index (χ2v) is 14.1. The molecule has 2 saturated heterocycles. The van der Waals surface area contributed by atoms with Gasteiger partial charge in [-0.1, -0.05) is 85.7 Å². The summed E-state index contributed by atoms with van der Waals surface area (Å²) in [7, 11) is 0. The van der Waals surface area contributed by atoms with Crippen molar-refractivity contribution in [3.8, 4) is 5.19 Å². The minimum atomic E-state index is -1.31. The lowest BCUT2D eigenvalue weighted by Gasteiger charge is -2.30. The summed E-state index contributed by atoms with van der Waals surface area (Å²) in [6.45, 7) is 2.25. The number of carbonyl (C=O) groups excluding carboxylic acids is 2.